The van der Waals surface area contributed by atoms with E-state index < -0.39 is 0 Å². The molecule has 0 aromatic rings. The average molecular weight is 264 g/mol. The predicted octanol–water partition coefficient (Wildman–Crippen LogP) is 3.12. The summed E-state index contributed by atoms with van der Waals surface area (Å²) in [5, 5.41) is 0. The highest BCUT2D eigenvalue weighted by molar-refractivity contribution is 4.90. The van der Waals surface area contributed by atoms with Crippen LogP contribution in [-0.2, 0) is 0 Å². The summed E-state index contributed by atoms with van der Waals surface area (Å²) in [6.45, 7) is 8.82. The van der Waals surface area contributed by atoms with Gasteiger partial charge in [0.05, 0.1) is 0 Å². The lowest BCUT2D eigenvalue weighted by Gasteiger charge is -2.40. The van der Waals surface area contributed by atoms with Crippen molar-refractivity contribution in [3.05, 3.63) is 0 Å². The molecule has 3 aliphatic carbocycles. The van der Waals surface area contributed by atoms with Crippen molar-refractivity contribution in [3.63, 3.8) is 0 Å². The average Bonchev–Trinajstić information content (AvgIpc) is 3.18. The fourth-order valence-electron chi connectivity index (χ4n) is 4.14. The molecule has 3 saturated carbocycles. The fourth-order valence-corrected chi connectivity index (χ4v) is 4.14. The summed E-state index contributed by atoms with van der Waals surface area (Å²) in [6.07, 6.45) is 8.54. The van der Waals surface area contributed by atoms with E-state index in [1.807, 2.05) is 0 Å². The lowest BCUT2D eigenvalue weighted by Crippen LogP contribution is -2.47. The highest BCUT2D eigenvalue weighted by atomic mass is 15.1. The summed E-state index contributed by atoms with van der Waals surface area (Å²) in [5.41, 5.74) is 6.47. The van der Waals surface area contributed by atoms with Crippen LogP contribution in [0, 0.1) is 29.6 Å². The molecule has 2 nitrogen and oxygen atoms in total. The zero-order valence-corrected chi connectivity index (χ0v) is 12.9. The molecule has 0 radical (unpaired) electrons. The van der Waals surface area contributed by atoms with Gasteiger partial charge in [0.25, 0.3) is 0 Å². The number of hydrogen-bond donors (Lipinski definition) is 1. The Morgan fingerprint density at radius 2 is 1.47 bits per heavy atom. The van der Waals surface area contributed by atoms with Gasteiger partial charge in [0, 0.05) is 25.7 Å². The van der Waals surface area contributed by atoms with E-state index in [0.29, 0.717) is 6.04 Å². The van der Waals surface area contributed by atoms with E-state index in [-0.39, 0.29) is 0 Å². The van der Waals surface area contributed by atoms with Crippen molar-refractivity contribution in [3.8, 4) is 0 Å². The first-order chi connectivity index (χ1) is 9.11. The van der Waals surface area contributed by atoms with Gasteiger partial charge in [-0.1, -0.05) is 13.8 Å². The van der Waals surface area contributed by atoms with Gasteiger partial charge in [-0.3, -0.25) is 0 Å². The Hall–Kier alpha value is -0.0800. The van der Waals surface area contributed by atoms with Crippen LogP contribution in [0.3, 0.4) is 0 Å². The summed E-state index contributed by atoms with van der Waals surface area (Å²) in [5.74, 6) is 4.44. The Morgan fingerprint density at radius 3 is 1.95 bits per heavy atom. The van der Waals surface area contributed by atoms with Gasteiger partial charge in [0.15, 0.2) is 0 Å². The molecule has 0 amide bonds. The zero-order valence-electron chi connectivity index (χ0n) is 12.9. The first-order valence-electron chi connectivity index (χ1n) is 8.59. The first-order valence-corrected chi connectivity index (χ1v) is 8.59. The molecule has 19 heavy (non-hydrogen) atoms. The molecule has 0 bridgehead atoms. The molecule has 2 heteroatoms. The highest BCUT2D eigenvalue weighted by Crippen LogP contribution is 2.37. The van der Waals surface area contributed by atoms with Crippen molar-refractivity contribution >= 4 is 0 Å². The van der Waals surface area contributed by atoms with Gasteiger partial charge in [-0.05, 0) is 68.1 Å². The van der Waals surface area contributed by atoms with E-state index >= 15 is 0 Å². The summed E-state index contributed by atoms with van der Waals surface area (Å²) < 4.78 is 0. The second-order valence-electron chi connectivity index (χ2n) is 7.99. The van der Waals surface area contributed by atoms with E-state index in [4.69, 9.17) is 5.73 Å². The van der Waals surface area contributed by atoms with Crippen molar-refractivity contribution in [2.45, 2.75) is 58.4 Å². The van der Waals surface area contributed by atoms with Crippen molar-refractivity contribution in [1.29, 1.82) is 0 Å². The third-order valence-electron chi connectivity index (χ3n) is 5.63. The largest absolute Gasteiger partial charge is 0.327 e. The number of rotatable bonds is 6. The standard InChI is InChI=1S/C17H32N2/c1-12-7-13(2)16(17(18)8-12)11-19(9-14-3-4-14)10-15-5-6-15/h12-17H,3-11,18H2,1-2H3. The summed E-state index contributed by atoms with van der Waals surface area (Å²) in [7, 11) is 0. The lowest BCUT2D eigenvalue weighted by molar-refractivity contribution is 0.112. The van der Waals surface area contributed by atoms with Gasteiger partial charge in [-0.25, -0.2) is 0 Å². The Balaban J connectivity index is 1.55. The van der Waals surface area contributed by atoms with Crippen LogP contribution < -0.4 is 5.73 Å². The Bertz CT molecular complexity index is 270. The Labute approximate surface area is 119 Å². The molecule has 4 unspecified atom stereocenters. The molecule has 4 atom stereocenters. The van der Waals surface area contributed by atoms with Crippen molar-refractivity contribution in [1.82, 2.24) is 4.90 Å². The minimum absolute atomic E-state index is 0.444. The quantitative estimate of drug-likeness (QED) is 0.798. The number of nitrogens with two attached hydrogens (primary N) is 1. The molecule has 0 spiro atoms. The van der Waals surface area contributed by atoms with Gasteiger partial charge >= 0.3 is 0 Å². The van der Waals surface area contributed by atoms with Gasteiger partial charge < -0.3 is 10.6 Å². The molecule has 110 valence electrons. The topological polar surface area (TPSA) is 29.3 Å². The minimum Gasteiger partial charge on any atom is -0.327 e. The molecule has 3 fully saturated rings. The molecule has 3 aliphatic rings. The molecule has 0 aliphatic heterocycles. The van der Waals surface area contributed by atoms with E-state index in [2.05, 4.69) is 18.7 Å². The predicted molar refractivity (Wildman–Crippen MR) is 80.9 cm³/mol. The SMILES string of the molecule is CC1CC(C)C(CN(CC2CC2)CC2CC2)C(N)C1. The smallest absolute Gasteiger partial charge is 0.00844 e. The normalized spacial score (nSPS) is 39.8. The molecule has 3 rings (SSSR count). The molecule has 0 aromatic heterocycles. The molecule has 0 saturated heterocycles. The third kappa shape index (κ3) is 3.95. The molecule has 2 N–H and O–H groups in total. The molecular formula is C17H32N2. The first kappa shape index (κ1) is 13.9. The van der Waals surface area contributed by atoms with E-state index in [9.17, 15) is 0 Å². The molecular weight excluding hydrogens is 232 g/mol. The van der Waals surface area contributed by atoms with Crippen LogP contribution in [0.15, 0.2) is 0 Å². The van der Waals surface area contributed by atoms with Crippen LogP contribution in [0.5, 0.6) is 0 Å². The van der Waals surface area contributed by atoms with E-state index in [1.165, 1.54) is 58.2 Å². The number of nitrogens with zero attached hydrogens (tertiary/aromatic N) is 1. The van der Waals surface area contributed by atoms with Gasteiger partial charge in [-0.15, -0.1) is 0 Å². The maximum absolute atomic E-state index is 6.47. The minimum atomic E-state index is 0.444. The summed E-state index contributed by atoms with van der Waals surface area (Å²) in [4.78, 5) is 2.78. The van der Waals surface area contributed by atoms with Crippen molar-refractivity contribution in [2.24, 2.45) is 35.3 Å². The summed E-state index contributed by atoms with van der Waals surface area (Å²) >= 11 is 0. The van der Waals surface area contributed by atoms with Crippen LogP contribution in [0.25, 0.3) is 0 Å². The Morgan fingerprint density at radius 1 is 0.895 bits per heavy atom. The van der Waals surface area contributed by atoms with Crippen molar-refractivity contribution < 1.29 is 0 Å². The second-order valence-corrected chi connectivity index (χ2v) is 7.99. The van der Waals surface area contributed by atoms with Gasteiger partial charge in [0.1, 0.15) is 0 Å². The molecule has 0 heterocycles. The Kier molecular flexibility index (Phi) is 4.19. The monoisotopic (exact) mass is 264 g/mol. The van der Waals surface area contributed by atoms with Crippen LogP contribution in [-0.4, -0.2) is 30.6 Å². The maximum atomic E-state index is 6.47. The summed E-state index contributed by atoms with van der Waals surface area (Å²) in [6, 6.07) is 0.444. The van der Waals surface area contributed by atoms with Crippen molar-refractivity contribution in [2.75, 3.05) is 19.6 Å². The van der Waals surface area contributed by atoms with E-state index in [1.54, 1.807) is 0 Å². The van der Waals surface area contributed by atoms with Crippen LogP contribution in [0.1, 0.15) is 52.4 Å². The maximum Gasteiger partial charge on any atom is 0.00844 e. The van der Waals surface area contributed by atoms with Crippen LogP contribution in [0.4, 0.5) is 0 Å². The van der Waals surface area contributed by atoms with Crippen LogP contribution in [0.2, 0.25) is 0 Å². The zero-order chi connectivity index (χ0) is 13.4. The fraction of sp³-hybridized carbons (Fsp3) is 1.00. The third-order valence-corrected chi connectivity index (χ3v) is 5.63. The number of hydrogen-bond acceptors (Lipinski definition) is 2. The highest BCUT2D eigenvalue weighted by Gasteiger charge is 2.35. The van der Waals surface area contributed by atoms with Gasteiger partial charge in [0.2, 0.25) is 0 Å². The van der Waals surface area contributed by atoms with Gasteiger partial charge in [-0.2, -0.15) is 0 Å². The molecule has 0 aromatic carbocycles. The lowest BCUT2D eigenvalue weighted by atomic mass is 9.72. The second kappa shape index (κ2) is 5.73. The van der Waals surface area contributed by atoms with Crippen LogP contribution >= 0.6 is 0 Å². The van der Waals surface area contributed by atoms with E-state index in [0.717, 1.165) is 29.6 Å².